The van der Waals surface area contributed by atoms with Gasteiger partial charge in [-0.1, -0.05) is 0 Å². The fourth-order valence-electron chi connectivity index (χ4n) is 2.81. The molecule has 7 nitrogen and oxygen atoms in total. The smallest absolute Gasteiger partial charge is 0.185 e. The highest BCUT2D eigenvalue weighted by atomic mass is 16.8. The van der Waals surface area contributed by atoms with Crippen molar-refractivity contribution < 1.29 is 28.4 Å². The highest BCUT2D eigenvalue weighted by Gasteiger charge is 2.51. The van der Waals surface area contributed by atoms with Crippen molar-refractivity contribution in [3.63, 3.8) is 0 Å². The van der Waals surface area contributed by atoms with Crippen LogP contribution in [0, 0.1) is 0 Å². The van der Waals surface area contributed by atoms with Gasteiger partial charge in [0, 0.05) is 14.2 Å². The highest BCUT2D eigenvalue weighted by Crippen LogP contribution is 2.35. The average Bonchev–Trinajstić information content (AvgIpc) is 2.90. The molecule has 4 atom stereocenters. The van der Waals surface area contributed by atoms with Gasteiger partial charge in [0.2, 0.25) is 0 Å². The Morgan fingerprint density at radius 2 is 1.52 bits per heavy atom. The summed E-state index contributed by atoms with van der Waals surface area (Å²) >= 11 is 0. The zero-order valence-corrected chi connectivity index (χ0v) is 13.6. The molecule has 124 valence electrons. The van der Waals surface area contributed by atoms with Gasteiger partial charge in [-0.3, -0.25) is 0 Å². The minimum atomic E-state index is -0.753. The lowest BCUT2D eigenvalue weighted by Gasteiger charge is -2.30. The summed E-state index contributed by atoms with van der Waals surface area (Å²) in [5.74, 6) is -1.38. The number of nitrogens with two attached hydrogens (primary N) is 1. The lowest BCUT2D eigenvalue weighted by Crippen LogP contribution is -2.53. The quantitative estimate of drug-likeness (QED) is 0.745. The minimum Gasteiger partial charge on any atom is -0.353 e. The Labute approximate surface area is 125 Å². The van der Waals surface area contributed by atoms with Crippen LogP contribution in [0.2, 0.25) is 0 Å². The Balaban J connectivity index is 2.11. The molecule has 0 aromatic rings. The van der Waals surface area contributed by atoms with Crippen LogP contribution in [-0.2, 0) is 28.4 Å². The summed E-state index contributed by atoms with van der Waals surface area (Å²) < 4.78 is 33.8. The van der Waals surface area contributed by atoms with Gasteiger partial charge in [0.15, 0.2) is 17.9 Å². The van der Waals surface area contributed by atoms with Crippen LogP contribution in [0.15, 0.2) is 0 Å². The molecule has 21 heavy (non-hydrogen) atoms. The van der Waals surface area contributed by atoms with Gasteiger partial charge in [-0.2, -0.15) is 0 Å². The van der Waals surface area contributed by atoms with Gasteiger partial charge in [0.1, 0.15) is 18.3 Å². The normalized spacial score (nSPS) is 36.3. The molecule has 2 rings (SSSR count). The topological polar surface area (TPSA) is 81.4 Å². The van der Waals surface area contributed by atoms with Crippen LogP contribution in [-0.4, -0.2) is 63.0 Å². The van der Waals surface area contributed by atoms with Gasteiger partial charge in [0.25, 0.3) is 0 Å². The van der Waals surface area contributed by atoms with Crippen molar-refractivity contribution in [2.45, 2.75) is 69.9 Å². The van der Waals surface area contributed by atoms with Crippen LogP contribution in [0.5, 0.6) is 0 Å². The summed E-state index contributed by atoms with van der Waals surface area (Å²) in [5, 5.41) is 0. The summed E-state index contributed by atoms with van der Waals surface area (Å²) in [6.45, 7) is 7.82. The van der Waals surface area contributed by atoms with Crippen LogP contribution < -0.4 is 5.73 Å². The number of hydrogen-bond acceptors (Lipinski definition) is 7. The highest BCUT2D eigenvalue weighted by molar-refractivity contribution is 4.96. The molecule has 0 saturated carbocycles. The van der Waals surface area contributed by atoms with Gasteiger partial charge >= 0.3 is 0 Å². The van der Waals surface area contributed by atoms with E-state index in [1.54, 1.807) is 14.2 Å². The van der Waals surface area contributed by atoms with Crippen LogP contribution >= 0.6 is 0 Å². The van der Waals surface area contributed by atoms with Crippen molar-refractivity contribution in [1.82, 2.24) is 0 Å². The van der Waals surface area contributed by atoms with Crippen LogP contribution in [0.4, 0.5) is 0 Å². The molecule has 2 aliphatic heterocycles. The Kier molecular flexibility index (Phi) is 4.94. The number of methoxy groups -OCH3 is 2. The largest absolute Gasteiger partial charge is 0.353 e. The molecule has 2 heterocycles. The molecular weight excluding hydrogens is 278 g/mol. The molecule has 0 unspecified atom stereocenters. The minimum absolute atomic E-state index is 0.264. The standard InChI is InChI=1S/C14H27NO6/c1-13(2)18-7-8(19-13)9(15)10-11(12(16-5)17-6)21-14(3,4)20-10/h8-12H,7,15H2,1-6H3/t8-,9+,10+,11-/m1/s1. The summed E-state index contributed by atoms with van der Waals surface area (Å²) in [4.78, 5) is 0. The first kappa shape index (κ1) is 17.1. The van der Waals surface area contributed by atoms with E-state index >= 15 is 0 Å². The summed E-state index contributed by atoms with van der Waals surface area (Å²) in [6.07, 6.45) is -1.66. The SMILES string of the molecule is COC(OC)[C@@H]1OC(C)(C)O[C@H]1[C@@H](N)[C@H]1COC(C)(C)O1. The van der Waals surface area contributed by atoms with E-state index in [1.807, 2.05) is 27.7 Å². The van der Waals surface area contributed by atoms with E-state index in [-0.39, 0.29) is 6.10 Å². The first-order chi connectivity index (χ1) is 9.69. The Hall–Kier alpha value is -0.280. The summed E-state index contributed by atoms with van der Waals surface area (Å²) in [6, 6.07) is -0.411. The van der Waals surface area contributed by atoms with Gasteiger partial charge in [-0.25, -0.2) is 0 Å². The predicted octanol–water partition coefficient (Wildman–Crippen LogP) is 0.604. The molecule has 0 bridgehead atoms. The lowest BCUT2D eigenvalue weighted by atomic mass is 10.0. The summed E-state index contributed by atoms with van der Waals surface area (Å²) in [7, 11) is 3.12. The van der Waals surface area contributed by atoms with Gasteiger partial charge in [-0.15, -0.1) is 0 Å². The Morgan fingerprint density at radius 3 is 2.00 bits per heavy atom. The van der Waals surface area contributed by atoms with Crippen molar-refractivity contribution in [3.05, 3.63) is 0 Å². The molecule has 0 spiro atoms. The molecule has 0 aromatic carbocycles. The second-order valence-electron chi connectivity index (χ2n) is 6.35. The first-order valence-corrected chi connectivity index (χ1v) is 7.18. The fourth-order valence-corrected chi connectivity index (χ4v) is 2.81. The summed E-state index contributed by atoms with van der Waals surface area (Å²) in [5.41, 5.74) is 6.34. The molecule has 0 aliphatic carbocycles. The van der Waals surface area contributed by atoms with E-state index in [2.05, 4.69) is 0 Å². The molecule has 2 fully saturated rings. The van der Waals surface area contributed by atoms with E-state index in [9.17, 15) is 0 Å². The maximum absolute atomic E-state index is 6.34. The molecule has 7 heteroatoms. The molecule has 2 saturated heterocycles. The van der Waals surface area contributed by atoms with E-state index in [4.69, 9.17) is 34.2 Å². The van der Waals surface area contributed by atoms with Crippen molar-refractivity contribution in [1.29, 1.82) is 0 Å². The fraction of sp³-hybridized carbons (Fsp3) is 1.00. The number of ether oxygens (including phenoxy) is 6. The Morgan fingerprint density at radius 1 is 0.952 bits per heavy atom. The average molecular weight is 305 g/mol. The molecule has 0 radical (unpaired) electrons. The monoisotopic (exact) mass is 305 g/mol. The molecule has 0 aromatic heterocycles. The van der Waals surface area contributed by atoms with E-state index in [0.717, 1.165) is 0 Å². The molecule has 0 amide bonds. The predicted molar refractivity (Wildman–Crippen MR) is 74.5 cm³/mol. The third kappa shape index (κ3) is 3.73. The van der Waals surface area contributed by atoms with Crippen molar-refractivity contribution in [2.24, 2.45) is 5.73 Å². The third-order valence-corrected chi connectivity index (χ3v) is 3.74. The van der Waals surface area contributed by atoms with Crippen LogP contribution in [0.1, 0.15) is 27.7 Å². The molecule has 2 N–H and O–H groups in total. The van der Waals surface area contributed by atoms with Crippen molar-refractivity contribution >= 4 is 0 Å². The second-order valence-corrected chi connectivity index (χ2v) is 6.35. The zero-order chi connectivity index (χ0) is 15.8. The zero-order valence-electron chi connectivity index (χ0n) is 13.6. The van der Waals surface area contributed by atoms with Gasteiger partial charge < -0.3 is 34.2 Å². The van der Waals surface area contributed by atoms with Gasteiger partial charge in [-0.05, 0) is 27.7 Å². The number of hydrogen-bond donors (Lipinski definition) is 1. The van der Waals surface area contributed by atoms with E-state index in [0.29, 0.717) is 6.61 Å². The number of rotatable bonds is 5. The molecular formula is C14H27NO6. The van der Waals surface area contributed by atoms with Crippen LogP contribution in [0.3, 0.4) is 0 Å². The van der Waals surface area contributed by atoms with E-state index < -0.39 is 36.1 Å². The maximum Gasteiger partial charge on any atom is 0.185 e. The van der Waals surface area contributed by atoms with Crippen molar-refractivity contribution in [2.75, 3.05) is 20.8 Å². The second kappa shape index (κ2) is 6.08. The first-order valence-electron chi connectivity index (χ1n) is 7.18. The lowest BCUT2D eigenvalue weighted by molar-refractivity contribution is -0.202. The maximum atomic E-state index is 6.34. The molecule has 2 aliphatic rings. The van der Waals surface area contributed by atoms with Crippen LogP contribution in [0.25, 0.3) is 0 Å². The van der Waals surface area contributed by atoms with Gasteiger partial charge in [0.05, 0.1) is 12.6 Å². The van der Waals surface area contributed by atoms with Crippen molar-refractivity contribution in [3.8, 4) is 0 Å². The third-order valence-electron chi connectivity index (χ3n) is 3.74. The van der Waals surface area contributed by atoms with E-state index in [1.165, 1.54) is 0 Å². The Bertz CT molecular complexity index is 357.